The van der Waals surface area contributed by atoms with Crippen LogP contribution in [0.1, 0.15) is 16.1 Å². The van der Waals surface area contributed by atoms with E-state index in [0.29, 0.717) is 11.4 Å². The molecule has 1 aromatic heterocycles. The Hall–Kier alpha value is -2.18. The maximum absolute atomic E-state index is 12.2. The molecule has 5 nitrogen and oxygen atoms in total. The molecule has 0 bridgehead atoms. The molecular formula is C17H19N3O2S. The SMILES string of the molecule is COc1ccc(-c2ncc(C(=O)NCC3=CCNCC3)s2)cc1. The monoisotopic (exact) mass is 329 g/mol. The minimum atomic E-state index is -0.0679. The van der Waals surface area contributed by atoms with Gasteiger partial charge in [-0.15, -0.1) is 11.3 Å². The first-order valence-electron chi connectivity index (χ1n) is 7.53. The van der Waals surface area contributed by atoms with E-state index < -0.39 is 0 Å². The van der Waals surface area contributed by atoms with Crippen LogP contribution in [0.4, 0.5) is 0 Å². The van der Waals surface area contributed by atoms with Crippen LogP contribution in [0.25, 0.3) is 10.6 Å². The van der Waals surface area contributed by atoms with E-state index in [1.54, 1.807) is 13.3 Å². The molecule has 1 amide bonds. The second-order valence-electron chi connectivity index (χ2n) is 5.26. The van der Waals surface area contributed by atoms with Gasteiger partial charge in [-0.1, -0.05) is 11.6 Å². The molecule has 0 unspecified atom stereocenters. The average molecular weight is 329 g/mol. The van der Waals surface area contributed by atoms with E-state index in [4.69, 9.17) is 4.74 Å². The summed E-state index contributed by atoms with van der Waals surface area (Å²) in [5, 5.41) is 7.06. The van der Waals surface area contributed by atoms with Crippen molar-refractivity contribution in [3.8, 4) is 16.3 Å². The number of rotatable bonds is 5. The molecule has 2 N–H and O–H groups in total. The van der Waals surface area contributed by atoms with Crippen LogP contribution >= 0.6 is 11.3 Å². The summed E-state index contributed by atoms with van der Waals surface area (Å²) in [4.78, 5) is 17.2. The van der Waals surface area contributed by atoms with Crippen molar-refractivity contribution in [2.24, 2.45) is 0 Å². The highest BCUT2D eigenvalue weighted by Crippen LogP contribution is 2.26. The lowest BCUT2D eigenvalue weighted by Crippen LogP contribution is -2.29. The molecule has 0 aliphatic carbocycles. The van der Waals surface area contributed by atoms with Gasteiger partial charge in [-0.2, -0.15) is 0 Å². The molecule has 0 fully saturated rings. The fraction of sp³-hybridized carbons (Fsp3) is 0.294. The molecule has 2 aromatic rings. The van der Waals surface area contributed by atoms with Gasteiger partial charge in [0.05, 0.1) is 13.3 Å². The maximum atomic E-state index is 12.2. The Bertz CT molecular complexity index is 707. The van der Waals surface area contributed by atoms with E-state index in [0.717, 1.165) is 35.8 Å². The van der Waals surface area contributed by atoms with Gasteiger partial charge in [0.15, 0.2) is 0 Å². The molecule has 0 spiro atoms. The number of ether oxygens (including phenoxy) is 1. The minimum Gasteiger partial charge on any atom is -0.497 e. The summed E-state index contributed by atoms with van der Waals surface area (Å²) in [5.74, 6) is 0.736. The number of nitrogens with zero attached hydrogens (tertiary/aromatic N) is 1. The molecule has 1 aliphatic heterocycles. The van der Waals surface area contributed by atoms with Crippen molar-refractivity contribution in [1.82, 2.24) is 15.6 Å². The van der Waals surface area contributed by atoms with Crippen LogP contribution < -0.4 is 15.4 Å². The number of aromatic nitrogens is 1. The van der Waals surface area contributed by atoms with Gasteiger partial charge in [-0.25, -0.2) is 4.98 Å². The molecule has 0 radical (unpaired) electrons. The Morgan fingerprint density at radius 2 is 2.22 bits per heavy atom. The lowest BCUT2D eigenvalue weighted by molar-refractivity contribution is 0.0960. The number of thiazole rings is 1. The molecule has 23 heavy (non-hydrogen) atoms. The predicted molar refractivity (Wildman–Crippen MR) is 92.0 cm³/mol. The summed E-state index contributed by atoms with van der Waals surface area (Å²) < 4.78 is 5.15. The van der Waals surface area contributed by atoms with Gasteiger partial charge in [0.1, 0.15) is 15.6 Å². The molecule has 0 saturated heterocycles. The second kappa shape index (κ2) is 7.39. The number of nitrogens with one attached hydrogen (secondary N) is 2. The minimum absolute atomic E-state index is 0.0679. The average Bonchev–Trinajstić information content (AvgIpc) is 3.11. The third-order valence-corrected chi connectivity index (χ3v) is 4.75. The van der Waals surface area contributed by atoms with Crippen LogP contribution in [0.5, 0.6) is 5.75 Å². The highest BCUT2D eigenvalue weighted by Gasteiger charge is 2.12. The highest BCUT2D eigenvalue weighted by molar-refractivity contribution is 7.16. The van der Waals surface area contributed by atoms with Crippen molar-refractivity contribution in [3.63, 3.8) is 0 Å². The number of methoxy groups -OCH3 is 1. The van der Waals surface area contributed by atoms with Crippen LogP contribution in [0.2, 0.25) is 0 Å². The maximum Gasteiger partial charge on any atom is 0.263 e. The van der Waals surface area contributed by atoms with Crippen molar-refractivity contribution >= 4 is 17.2 Å². The van der Waals surface area contributed by atoms with Crippen molar-refractivity contribution in [2.75, 3.05) is 26.7 Å². The number of hydrogen-bond donors (Lipinski definition) is 2. The first-order valence-corrected chi connectivity index (χ1v) is 8.35. The zero-order chi connectivity index (χ0) is 16.1. The zero-order valence-corrected chi connectivity index (χ0v) is 13.8. The second-order valence-corrected chi connectivity index (χ2v) is 6.29. The smallest absolute Gasteiger partial charge is 0.263 e. The quantitative estimate of drug-likeness (QED) is 0.827. The van der Waals surface area contributed by atoms with Gasteiger partial charge < -0.3 is 15.4 Å². The van der Waals surface area contributed by atoms with Crippen LogP contribution in [0, 0.1) is 0 Å². The van der Waals surface area contributed by atoms with Crippen molar-refractivity contribution in [1.29, 1.82) is 0 Å². The predicted octanol–water partition coefficient (Wildman–Crippen LogP) is 2.47. The summed E-state index contributed by atoms with van der Waals surface area (Å²) in [6.45, 7) is 2.47. The first-order chi connectivity index (χ1) is 11.3. The van der Waals surface area contributed by atoms with E-state index >= 15 is 0 Å². The Labute approximate surface area is 139 Å². The fourth-order valence-corrected chi connectivity index (χ4v) is 3.20. The Morgan fingerprint density at radius 1 is 1.39 bits per heavy atom. The Morgan fingerprint density at radius 3 is 2.91 bits per heavy atom. The van der Waals surface area contributed by atoms with Crippen LogP contribution in [-0.4, -0.2) is 37.6 Å². The summed E-state index contributed by atoms with van der Waals surface area (Å²) in [7, 11) is 1.64. The van der Waals surface area contributed by atoms with Crippen molar-refractivity contribution in [3.05, 3.63) is 47.0 Å². The van der Waals surface area contributed by atoms with Gasteiger partial charge in [0.2, 0.25) is 0 Å². The van der Waals surface area contributed by atoms with Gasteiger partial charge >= 0.3 is 0 Å². The third-order valence-electron chi connectivity index (χ3n) is 3.70. The lowest BCUT2D eigenvalue weighted by Gasteiger charge is -2.14. The summed E-state index contributed by atoms with van der Waals surface area (Å²) in [5.41, 5.74) is 2.26. The van der Waals surface area contributed by atoms with E-state index in [2.05, 4.69) is 21.7 Å². The molecule has 0 saturated carbocycles. The van der Waals surface area contributed by atoms with Crippen molar-refractivity contribution in [2.45, 2.75) is 6.42 Å². The highest BCUT2D eigenvalue weighted by atomic mass is 32.1. The number of hydrogen-bond acceptors (Lipinski definition) is 5. The van der Waals surface area contributed by atoms with Gasteiger partial charge in [0.25, 0.3) is 5.91 Å². The lowest BCUT2D eigenvalue weighted by atomic mass is 10.1. The van der Waals surface area contributed by atoms with Crippen LogP contribution in [-0.2, 0) is 0 Å². The molecule has 0 atom stereocenters. The third kappa shape index (κ3) is 3.97. The number of carbonyl (C=O) groups excluding carboxylic acids is 1. The van der Waals surface area contributed by atoms with E-state index in [9.17, 15) is 4.79 Å². The fourth-order valence-electron chi connectivity index (χ4n) is 2.36. The molecule has 1 aromatic carbocycles. The summed E-state index contributed by atoms with van der Waals surface area (Å²) in [6.07, 6.45) is 4.76. The van der Waals surface area contributed by atoms with Crippen LogP contribution in [0.3, 0.4) is 0 Å². The summed E-state index contributed by atoms with van der Waals surface area (Å²) >= 11 is 1.40. The van der Waals surface area contributed by atoms with E-state index in [-0.39, 0.29) is 5.91 Å². The molecule has 2 heterocycles. The van der Waals surface area contributed by atoms with Crippen molar-refractivity contribution < 1.29 is 9.53 Å². The van der Waals surface area contributed by atoms with Gasteiger partial charge in [0, 0.05) is 18.7 Å². The topological polar surface area (TPSA) is 63.2 Å². The standard InChI is InChI=1S/C17H19N3O2S/c1-22-14-4-2-13(3-5-14)17-20-11-15(23-17)16(21)19-10-12-6-8-18-9-7-12/h2-6,11,18H,7-10H2,1H3,(H,19,21). The normalized spacial score (nSPS) is 14.2. The van der Waals surface area contributed by atoms with Gasteiger partial charge in [-0.05, 0) is 37.2 Å². The zero-order valence-electron chi connectivity index (χ0n) is 13.0. The number of benzene rings is 1. The van der Waals surface area contributed by atoms with E-state index in [1.807, 2.05) is 24.3 Å². The first kappa shape index (κ1) is 15.7. The van der Waals surface area contributed by atoms with Gasteiger partial charge in [-0.3, -0.25) is 4.79 Å². The number of carbonyl (C=O) groups is 1. The molecular weight excluding hydrogens is 310 g/mol. The molecule has 1 aliphatic rings. The summed E-state index contributed by atoms with van der Waals surface area (Å²) in [6, 6.07) is 7.67. The number of amides is 1. The molecule has 120 valence electrons. The molecule has 3 rings (SSSR count). The largest absolute Gasteiger partial charge is 0.497 e. The van der Waals surface area contributed by atoms with Crippen LogP contribution in [0.15, 0.2) is 42.1 Å². The Kier molecular flexibility index (Phi) is 5.05. The molecule has 6 heteroatoms. The Balaban J connectivity index is 1.63. The van der Waals surface area contributed by atoms with E-state index in [1.165, 1.54) is 16.9 Å².